The lowest BCUT2D eigenvalue weighted by Crippen LogP contribution is -1.98. The number of halogens is 3. The fourth-order valence-electron chi connectivity index (χ4n) is 0.855. The Bertz CT molecular complexity index is 415. The Labute approximate surface area is 82.9 Å². The largest absolute Gasteiger partial charge is 0.298 e. The molecule has 1 aromatic rings. The SMILES string of the molecule is N#Cc1nc(Cl)c(C(F)F)cc1C=O. The second-order valence-electron chi connectivity index (χ2n) is 2.34. The van der Waals surface area contributed by atoms with Crippen molar-refractivity contribution in [3.63, 3.8) is 0 Å². The van der Waals surface area contributed by atoms with Gasteiger partial charge in [0.05, 0.1) is 11.1 Å². The smallest absolute Gasteiger partial charge is 0.266 e. The van der Waals surface area contributed by atoms with Crippen LogP contribution >= 0.6 is 11.6 Å². The minimum absolute atomic E-state index is 0.188. The van der Waals surface area contributed by atoms with E-state index in [1.807, 2.05) is 0 Å². The van der Waals surface area contributed by atoms with Crippen molar-refractivity contribution in [2.75, 3.05) is 0 Å². The minimum Gasteiger partial charge on any atom is -0.298 e. The maximum Gasteiger partial charge on any atom is 0.266 e. The standard InChI is InChI=1S/C8H3ClF2N2O/c9-7-5(8(10)11)1-4(3-14)6(2-12)13-7/h1,3,8H. The van der Waals surface area contributed by atoms with Crippen LogP contribution in [0.2, 0.25) is 5.15 Å². The molecular weight excluding hydrogens is 214 g/mol. The molecule has 1 aromatic heterocycles. The Kier molecular flexibility index (Phi) is 3.10. The van der Waals surface area contributed by atoms with Gasteiger partial charge in [0, 0.05) is 0 Å². The first-order valence-electron chi connectivity index (χ1n) is 3.44. The Hall–Kier alpha value is -1.54. The third-order valence-electron chi connectivity index (χ3n) is 1.50. The molecule has 1 rings (SSSR count). The molecule has 0 unspecified atom stereocenters. The first kappa shape index (κ1) is 10.5. The van der Waals surface area contributed by atoms with E-state index in [0.717, 1.165) is 6.07 Å². The highest BCUT2D eigenvalue weighted by Gasteiger charge is 2.16. The van der Waals surface area contributed by atoms with Crippen LogP contribution in [0.15, 0.2) is 6.07 Å². The van der Waals surface area contributed by atoms with Crippen LogP contribution in [0.5, 0.6) is 0 Å². The number of aldehydes is 1. The molecule has 0 aliphatic heterocycles. The number of nitrogens with zero attached hydrogens (tertiary/aromatic N) is 2. The molecule has 72 valence electrons. The fraction of sp³-hybridized carbons (Fsp3) is 0.125. The van der Waals surface area contributed by atoms with Crippen LogP contribution in [0, 0.1) is 11.3 Å². The van der Waals surface area contributed by atoms with E-state index in [9.17, 15) is 13.6 Å². The van der Waals surface area contributed by atoms with Crippen molar-refractivity contribution in [1.29, 1.82) is 5.26 Å². The van der Waals surface area contributed by atoms with E-state index in [2.05, 4.69) is 4.98 Å². The average Bonchev–Trinajstić information content (AvgIpc) is 2.16. The fourth-order valence-corrected chi connectivity index (χ4v) is 1.08. The number of pyridine rings is 1. The average molecular weight is 217 g/mol. The van der Waals surface area contributed by atoms with Crippen LogP contribution in [-0.4, -0.2) is 11.3 Å². The van der Waals surface area contributed by atoms with Crippen molar-refractivity contribution >= 4 is 17.9 Å². The number of nitriles is 1. The van der Waals surface area contributed by atoms with Crippen LogP contribution < -0.4 is 0 Å². The first-order valence-corrected chi connectivity index (χ1v) is 3.81. The lowest BCUT2D eigenvalue weighted by molar-refractivity contribution is 0.112. The summed E-state index contributed by atoms with van der Waals surface area (Å²) < 4.78 is 24.5. The second-order valence-corrected chi connectivity index (χ2v) is 2.69. The molecular formula is C8H3ClF2N2O. The predicted molar refractivity (Wildman–Crippen MR) is 44.3 cm³/mol. The van der Waals surface area contributed by atoms with Crippen molar-refractivity contribution in [2.45, 2.75) is 6.43 Å². The molecule has 0 aromatic carbocycles. The summed E-state index contributed by atoms with van der Waals surface area (Å²) >= 11 is 5.37. The van der Waals surface area contributed by atoms with Gasteiger partial charge in [-0.25, -0.2) is 13.8 Å². The minimum atomic E-state index is -2.82. The molecule has 0 N–H and O–H groups in total. The molecule has 0 radical (unpaired) electrons. The van der Waals surface area contributed by atoms with Gasteiger partial charge in [-0.05, 0) is 6.07 Å². The molecule has 0 amide bonds. The summed E-state index contributed by atoms with van der Waals surface area (Å²) in [5, 5.41) is 8.03. The number of hydrogen-bond acceptors (Lipinski definition) is 3. The Morgan fingerprint density at radius 3 is 2.71 bits per heavy atom. The molecule has 1 heterocycles. The quantitative estimate of drug-likeness (QED) is 0.563. The summed E-state index contributed by atoms with van der Waals surface area (Å²) in [6.07, 6.45) is -2.53. The molecule has 6 heteroatoms. The highest BCUT2D eigenvalue weighted by Crippen LogP contribution is 2.26. The molecule has 0 aliphatic carbocycles. The van der Waals surface area contributed by atoms with Crippen LogP contribution in [0.1, 0.15) is 28.0 Å². The third kappa shape index (κ3) is 1.86. The zero-order valence-corrected chi connectivity index (χ0v) is 7.42. The molecule has 0 atom stereocenters. The zero-order valence-electron chi connectivity index (χ0n) is 6.67. The molecule has 0 saturated heterocycles. The predicted octanol–water partition coefficient (Wildman–Crippen LogP) is 2.36. The number of carbonyl (C=O) groups is 1. The summed E-state index contributed by atoms with van der Waals surface area (Å²) in [5.41, 5.74) is -0.991. The summed E-state index contributed by atoms with van der Waals surface area (Å²) in [6.45, 7) is 0. The normalized spacial score (nSPS) is 9.93. The first-order chi connectivity index (χ1) is 6.60. The van der Waals surface area contributed by atoms with Gasteiger partial charge in [0.25, 0.3) is 6.43 Å². The molecule has 0 spiro atoms. The third-order valence-corrected chi connectivity index (χ3v) is 1.80. The van der Waals surface area contributed by atoms with Crippen molar-refractivity contribution in [3.05, 3.63) is 28.0 Å². The number of aromatic nitrogens is 1. The molecule has 14 heavy (non-hydrogen) atoms. The van der Waals surface area contributed by atoms with Crippen molar-refractivity contribution in [1.82, 2.24) is 4.98 Å². The summed E-state index contributed by atoms with van der Waals surface area (Å²) in [4.78, 5) is 13.8. The van der Waals surface area contributed by atoms with Gasteiger partial charge in [-0.2, -0.15) is 5.26 Å². The van der Waals surface area contributed by atoms with E-state index in [1.165, 1.54) is 0 Å². The lowest BCUT2D eigenvalue weighted by Gasteiger charge is -2.03. The molecule has 0 aliphatic rings. The van der Waals surface area contributed by atoms with Crippen LogP contribution in [0.4, 0.5) is 8.78 Å². The number of hydrogen-bond donors (Lipinski definition) is 0. The van der Waals surface area contributed by atoms with Crippen molar-refractivity contribution < 1.29 is 13.6 Å². The summed E-state index contributed by atoms with van der Waals surface area (Å²) in [7, 11) is 0. The van der Waals surface area contributed by atoms with Gasteiger partial charge in [-0.3, -0.25) is 4.79 Å². The van der Waals surface area contributed by atoms with Crippen molar-refractivity contribution in [3.8, 4) is 6.07 Å². The molecule has 3 nitrogen and oxygen atoms in total. The van der Waals surface area contributed by atoms with Crippen LogP contribution in [0.3, 0.4) is 0 Å². The highest BCUT2D eigenvalue weighted by atomic mass is 35.5. The van der Waals surface area contributed by atoms with Gasteiger partial charge in [0.15, 0.2) is 12.0 Å². The monoisotopic (exact) mass is 216 g/mol. The van der Waals surface area contributed by atoms with Gasteiger partial charge in [-0.15, -0.1) is 0 Å². The molecule has 0 bridgehead atoms. The number of rotatable bonds is 2. The van der Waals surface area contributed by atoms with Gasteiger partial charge in [0.2, 0.25) is 0 Å². The van der Waals surface area contributed by atoms with Crippen LogP contribution in [-0.2, 0) is 0 Å². The van der Waals surface area contributed by atoms with E-state index in [4.69, 9.17) is 16.9 Å². The Morgan fingerprint density at radius 2 is 2.29 bits per heavy atom. The second kappa shape index (κ2) is 4.11. The van der Waals surface area contributed by atoms with E-state index in [1.54, 1.807) is 6.07 Å². The number of carbonyl (C=O) groups excluding carboxylic acids is 1. The Morgan fingerprint density at radius 1 is 1.64 bits per heavy atom. The topological polar surface area (TPSA) is 53.8 Å². The van der Waals surface area contributed by atoms with E-state index >= 15 is 0 Å². The maximum atomic E-state index is 12.3. The maximum absolute atomic E-state index is 12.3. The van der Waals surface area contributed by atoms with Crippen molar-refractivity contribution in [2.24, 2.45) is 0 Å². The zero-order chi connectivity index (χ0) is 10.7. The summed E-state index contributed by atoms with van der Waals surface area (Å²) in [6, 6.07) is 2.45. The molecule has 0 saturated carbocycles. The van der Waals surface area contributed by atoms with Gasteiger partial charge < -0.3 is 0 Å². The Balaban J connectivity index is 3.39. The van der Waals surface area contributed by atoms with Crippen LogP contribution in [0.25, 0.3) is 0 Å². The van der Waals surface area contributed by atoms with Gasteiger partial charge >= 0.3 is 0 Å². The highest BCUT2D eigenvalue weighted by molar-refractivity contribution is 6.30. The van der Waals surface area contributed by atoms with Gasteiger partial charge in [0.1, 0.15) is 11.2 Å². The van der Waals surface area contributed by atoms with E-state index < -0.39 is 17.1 Å². The summed E-state index contributed by atoms with van der Waals surface area (Å²) in [5.74, 6) is 0. The molecule has 0 fully saturated rings. The van der Waals surface area contributed by atoms with E-state index in [0.29, 0.717) is 0 Å². The van der Waals surface area contributed by atoms with E-state index in [-0.39, 0.29) is 17.5 Å². The number of alkyl halides is 2. The van der Waals surface area contributed by atoms with Gasteiger partial charge in [-0.1, -0.05) is 11.6 Å². The lowest BCUT2D eigenvalue weighted by atomic mass is 10.1.